The van der Waals surface area contributed by atoms with Gasteiger partial charge in [0.25, 0.3) is 0 Å². The second-order valence-corrected chi connectivity index (χ2v) is 6.28. The fourth-order valence-corrected chi connectivity index (χ4v) is 3.18. The number of rotatable bonds is 4. The van der Waals surface area contributed by atoms with Crippen LogP contribution in [0.4, 0.5) is 5.95 Å². The lowest BCUT2D eigenvalue weighted by Gasteiger charge is -2.20. The van der Waals surface area contributed by atoms with Crippen molar-refractivity contribution in [3.8, 4) is 5.75 Å². The molecule has 0 fully saturated rings. The molecule has 1 atom stereocenters. The van der Waals surface area contributed by atoms with Crippen LogP contribution in [0.2, 0.25) is 0 Å². The van der Waals surface area contributed by atoms with Gasteiger partial charge in [0.1, 0.15) is 23.1 Å². The van der Waals surface area contributed by atoms with E-state index in [-0.39, 0.29) is 17.2 Å². The van der Waals surface area contributed by atoms with E-state index < -0.39 is 12.1 Å². The molecule has 6 nitrogen and oxygen atoms in total. The van der Waals surface area contributed by atoms with Crippen molar-refractivity contribution in [1.82, 2.24) is 9.97 Å². The molecule has 3 N–H and O–H groups in total. The number of anilines is 1. The second-order valence-electron chi connectivity index (χ2n) is 5.36. The van der Waals surface area contributed by atoms with Gasteiger partial charge in [-0.3, -0.25) is 0 Å². The second kappa shape index (κ2) is 6.54. The number of hydrogen-bond acceptors (Lipinski definition) is 5. The Morgan fingerprint density at radius 3 is 2.35 bits per heavy atom. The number of halogens is 1. The maximum Gasteiger partial charge on any atom is 0.339 e. The molecule has 0 aliphatic heterocycles. The number of aromatic carboxylic acids is 1. The lowest BCUT2D eigenvalue weighted by Crippen LogP contribution is -2.17. The van der Waals surface area contributed by atoms with Crippen LogP contribution in [0.1, 0.15) is 45.9 Å². The fourth-order valence-electron chi connectivity index (χ4n) is 2.49. The molecule has 2 aromatic rings. The van der Waals surface area contributed by atoms with E-state index in [1.807, 2.05) is 26.0 Å². The Bertz CT molecular complexity index is 754. The zero-order valence-electron chi connectivity index (χ0n) is 13.3. The molecule has 0 bridgehead atoms. The average Bonchev–Trinajstić information content (AvgIpc) is 2.40. The maximum absolute atomic E-state index is 11.5. The summed E-state index contributed by atoms with van der Waals surface area (Å²) in [4.78, 5) is 19.5. The quantitative estimate of drug-likeness (QED) is 0.841. The third-order valence-corrected chi connectivity index (χ3v) is 3.91. The minimum Gasteiger partial charge on any atom is -0.484 e. The van der Waals surface area contributed by atoms with Crippen LogP contribution < -0.4 is 10.5 Å². The van der Waals surface area contributed by atoms with Crippen LogP contribution in [0.3, 0.4) is 0 Å². The third-order valence-electron chi connectivity index (χ3n) is 3.45. The number of carboxylic acids is 1. The van der Waals surface area contributed by atoms with Crippen LogP contribution in [0.15, 0.2) is 16.6 Å². The number of hydrogen-bond donors (Lipinski definition) is 2. The van der Waals surface area contributed by atoms with Crippen molar-refractivity contribution >= 4 is 27.8 Å². The van der Waals surface area contributed by atoms with E-state index in [4.69, 9.17) is 10.5 Å². The standard InChI is InChI=1S/C16H18BrN3O3/c1-7-5-11(17)6-8(2)14(7)23-10(4)13-12(15(21)22)9(3)19-16(18)20-13/h5-6,10H,1-4H3,(H,21,22)(H2,18,19,20). The zero-order chi connectivity index (χ0) is 17.3. The van der Waals surface area contributed by atoms with Crippen molar-refractivity contribution in [3.63, 3.8) is 0 Å². The molecule has 122 valence electrons. The van der Waals surface area contributed by atoms with E-state index >= 15 is 0 Å². The number of aryl methyl sites for hydroxylation is 3. The first kappa shape index (κ1) is 17.2. The molecule has 23 heavy (non-hydrogen) atoms. The molecule has 0 amide bonds. The minimum absolute atomic E-state index is 0.0270. The van der Waals surface area contributed by atoms with E-state index in [1.165, 1.54) is 0 Å². The van der Waals surface area contributed by atoms with Gasteiger partial charge >= 0.3 is 5.97 Å². The van der Waals surface area contributed by atoms with Crippen molar-refractivity contribution in [2.24, 2.45) is 0 Å². The van der Waals surface area contributed by atoms with Gasteiger partial charge in [-0.1, -0.05) is 15.9 Å². The number of carboxylic acid groups (broad SMARTS) is 1. The summed E-state index contributed by atoms with van der Waals surface area (Å²) in [5.74, 6) is -0.369. The smallest absolute Gasteiger partial charge is 0.339 e. The lowest BCUT2D eigenvalue weighted by atomic mass is 10.1. The minimum atomic E-state index is -1.10. The summed E-state index contributed by atoms with van der Waals surface area (Å²) < 4.78 is 6.95. The van der Waals surface area contributed by atoms with Crippen LogP contribution in [0, 0.1) is 20.8 Å². The molecule has 0 saturated heterocycles. The highest BCUT2D eigenvalue weighted by Gasteiger charge is 2.23. The van der Waals surface area contributed by atoms with Crippen LogP contribution in [0.25, 0.3) is 0 Å². The van der Waals surface area contributed by atoms with E-state index in [2.05, 4.69) is 25.9 Å². The normalized spacial score (nSPS) is 12.0. The predicted octanol–water partition coefficient (Wildman–Crippen LogP) is 3.58. The predicted molar refractivity (Wildman–Crippen MR) is 90.8 cm³/mol. The van der Waals surface area contributed by atoms with E-state index in [1.54, 1.807) is 13.8 Å². The van der Waals surface area contributed by atoms with Gasteiger partial charge in [0.15, 0.2) is 0 Å². The summed E-state index contributed by atoms with van der Waals surface area (Å²) in [6, 6.07) is 3.87. The first-order valence-corrected chi connectivity index (χ1v) is 7.80. The number of aromatic nitrogens is 2. The Morgan fingerprint density at radius 1 is 1.26 bits per heavy atom. The number of carbonyl (C=O) groups is 1. The zero-order valence-corrected chi connectivity index (χ0v) is 14.9. The molecule has 0 aliphatic rings. The monoisotopic (exact) mass is 379 g/mol. The van der Waals surface area contributed by atoms with Gasteiger partial charge in [-0.25, -0.2) is 14.8 Å². The van der Waals surface area contributed by atoms with Crippen molar-refractivity contribution in [2.45, 2.75) is 33.8 Å². The molecule has 1 heterocycles. The van der Waals surface area contributed by atoms with Gasteiger partial charge in [0.2, 0.25) is 5.95 Å². The SMILES string of the molecule is Cc1cc(Br)cc(C)c1OC(C)c1nc(N)nc(C)c1C(=O)O. The van der Waals surface area contributed by atoms with E-state index in [9.17, 15) is 9.90 Å². The van der Waals surface area contributed by atoms with Gasteiger partial charge < -0.3 is 15.6 Å². The molecular formula is C16H18BrN3O3. The summed E-state index contributed by atoms with van der Waals surface area (Å²) in [6.45, 7) is 7.19. The highest BCUT2D eigenvalue weighted by Crippen LogP contribution is 2.32. The number of nitrogens with zero attached hydrogens (tertiary/aromatic N) is 2. The molecule has 0 radical (unpaired) electrons. The van der Waals surface area contributed by atoms with Crippen molar-refractivity contribution in [2.75, 3.05) is 5.73 Å². The topological polar surface area (TPSA) is 98.3 Å². The average molecular weight is 380 g/mol. The maximum atomic E-state index is 11.5. The molecular weight excluding hydrogens is 362 g/mol. The van der Waals surface area contributed by atoms with Gasteiger partial charge in [0, 0.05) is 4.47 Å². The summed E-state index contributed by atoms with van der Waals surface area (Å²) in [6.07, 6.45) is -0.580. The largest absolute Gasteiger partial charge is 0.484 e. The fraction of sp³-hybridized carbons (Fsp3) is 0.312. The van der Waals surface area contributed by atoms with Gasteiger partial charge in [-0.15, -0.1) is 0 Å². The van der Waals surface area contributed by atoms with Gasteiger partial charge in [-0.05, 0) is 51.0 Å². The highest BCUT2D eigenvalue weighted by atomic mass is 79.9. The summed E-state index contributed by atoms with van der Waals surface area (Å²) in [5.41, 5.74) is 8.16. The van der Waals surface area contributed by atoms with Gasteiger partial charge in [-0.2, -0.15) is 0 Å². The van der Waals surface area contributed by atoms with Crippen LogP contribution >= 0.6 is 15.9 Å². The Morgan fingerprint density at radius 2 is 1.83 bits per heavy atom. The molecule has 0 saturated carbocycles. The van der Waals surface area contributed by atoms with Gasteiger partial charge in [0.05, 0.1) is 5.69 Å². The summed E-state index contributed by atoms with van der Waals surface area (Å²) >= 11 is 3.44. The van der Waals surface area contributed by atoms with Crippen molar-refractivity contribution in [1.29, 1.82) is 0 Å². The Labute approximate surface area is 142 Å². The van der Waals surface area contributed by atoms with Crippen LogP contribution in [-0.2, 0) is 0 Å². The van der Waals surface area contributed by atoms with Crippen molar-refractivity contribution in [3.05, 3.63) is 44.7 Å². The number of nitrogens with two attached hydrogens (primary N) is 1. The highest BCUT2D eigenvalue weighted by molar-refractivity contribution is 9.10. The Hall–Kier alpha value is -2.15. The van der Waals surface area contributed by atoms with E-state index in [0.717, 1.165) is 15.6 Å². The molecule has 0 spiro atoms. The van der Waals surface area contributed by atoms with Crippen LogP contribution in [0.5, 0.6) is 5.75 Å². The van der Waals surface area contributed by atoms with Crippen LogP contribution in [-0.4, -0.2) is 21.0 Å². The third kappa shape index (κ3) is 3.61. The Kier molecular flexibility index (Phi) is 4.89. The molecule has 1 aromatic heterocycles. The molecule has 2 rings (SSSR count). The van der Waals surface area contributed by atoms with E-state index in [0.29, 0.717) is 11.4 Å². The number of benzene rings is 1. The number of ether oxygens (including phenoxy) is 1. The first-order chi connectivity index (χ1) is 10.7. The lowest BCUT2D eigenvalue weighted by molar-refractivity contribution is 0.0689. The summed E-state index contributed by atoms with van der Waals surface area (Å²) in [5, 5.41) is 9.42. The summed E-state index contributed by atoms with van der Waals surface area (Å²) in [7, 11) is 0. The molecule has 1 aromatic carbocycles. The molecule has 1 unspecified atom stereocenters. The first-order valence-electron chi connectivity index (χ1n) is 7.01. The van der Waals surface area contributed by atoms with Crippen molar-refractivity contribution < 1.29 is 14.6 Å². The molecule has 0 aliphatic carbocycles. The molecule has 7 heteroatoms. The number of nitrogen functional groups attached to an aromatic ring is 1. The Balaban J connectivity index is 2.46.